The third kappa shape index (κ3) is 4.81. The molecule has 9 rings (SSSR count). The molecule has 6 aromatic carbocycles. The Labute approximate surface area is 279 Å². The molecule has 2 aromatic heterocycles. The highest BCUT2D eigenvalue weighted by Gasteiger charge is 2.26. The van der Waals surface area contributed by atoms with Crippen molar-refractivity contribution in [3.8, 4) is 28.5 Å². The largest absolute Gasteiger partial charge is 0.309 e. The van der Waals surface area contributed by atoms with E-state index in [1.165, 1.54) is 38.1 Å². The van der Waals surface area contributed by atoms with Crippen molar-refractivity contribution in [2.45, 2.75) is 18.8 Å². The molecule has 0 bridgehead atoms. The zero-order valence-corrected chi connectivity index (χ0v) is 26.6. The van der Waals surface area contributed by atoms with Crippen LogP contribution >= 0.6 is 0 Å². The minimum Gasteiger partial charge on any atom is -0.309 e. The maximum absolute atomic E-state index is 5.11. The van der Waals surface area contributed by atoms with Gasteiger partial charge in [0.25, 0.3) is 0 Å². The SMILES string of the molecule is CC1(c2ccc3ccccc3c2)C=CC(c2nc(-c3ccccc3)nc(-c3cccc(-n4c5ccccc5c5ccccc54)c3)n2)=CC1. The summed E-state index contributed by atoms with van der Waals surface area (Å²) < 4.78 is 2.33. The number of aromatic nitrogens is 4. The van der Waals surface area contributed by atoms with E-state index in [1.54, 1.807) is 0 Å². The summed E-state index contributed by atoms with van der Waals surface area (Å²) in [6.45, 7) is 2.30. The summed E-state index contributed by atoms with van der Waals surface area (Å²) in [4.78, 5) is 15.2. The Hall–Kier alpha value is -6.13. The average Bonchev–Trinajstić information content (AvgIpc) is 3.50. The van der Waals surface area contributed by atoms with Crippen LogP contribution in [0.3, 0.4) is 0 Å². The highest BCUT2D eigenvalue weighted by atomic mass is 15.0. The van der Waals surface area contributed by atoms with Crippen molar-refractivity contribution in [3.05, 3.63) is 175 Å². The molecule has 0 saturated carbocycles. The van der Waals surface area contributed by atoms with Crippen molar-refractivity contribution in [2.24, 2.45) is 0 Å². The fourth-order valence-electron chi connectivity index (χ4n) is 6.99. The van der Waals surface area contributed by atoms with Gasteiger partial charge in [-0.2, -0.15) is 0 Å². The molecule has 4 nitrogen and oxygen atoms in total. The van der Waals surface area contributed by atoms with Crippen LogP contribution in [0.15, 0.2) is 164 Å². The van der Waals surface area contributed by atoms with Crippen LogP contribution in [0.1, 0.15) is 24.7 Å². The van der Waals surface area contributed by atoms with Gasteiger partial charge in [0.05, 0.1) is 11.0 Å². The number of allylic oxidation sites excluding steroid dienone is 4. The van der Waals surface area contributed by atoms with Crippen LogP contribution in [-0.2, 0) is 5.41 Å². The van der Waals surface area contributed by atoms with Crippen LogP contribution in [0.2, 0.25) is 0 Å². The predicted molar refractivity (Wildman–Crippen MR) is 198 cm³/mol. The second kappa shape index (κ2) is 11.3. The standard InChI is InChI=1S/C44H32N4/c1-44(35-23-22-30-12-5-6-15-33(30)28-35)26-24-32(25-27-44)42-45-41(31-13-3-2-4-14-31)46-43(47-42)34-16-11-17-36(29-34)48-39-20-9-7-18-37(39)38-19-8-10-21-40(38)48/h2-26,28-29H,27H2,1H3. The second-order valence-electron chi connectivity index (χ2n) is 12.8. The lowest BCUT2D eigenvalue weighted by atomic mass is 9.75. The molecule has 4 heteroatoms. The van der Waals surface area contributed by atoms with Crippen LogP contribution in [-0.4, -0.2) is 19.5 Å². The molecule has 1 unspecified atom stereocenters. The van der Waals surface area contributed by atoms with E-state index >= 15 is 0 Å². The number of para-hydroxylation sites is 2. The molecule has 0 spiro atoms. The van der Waals surface area contributed by atoms with Crippen molar-refractivity contribution in [1.82, 2.24) is 19.5 Å². The van der Waals surface area contributed by atoms with Crippen LogP contribution in [0.25, 0.3) is 66.6 Å². The number of benzene rings is 6. The van der Waals surface area contributed by atoms with E-state index in [2.05, 4.69) is 157 Å². The third-order valence-corrected chi connectivity index (χ3v) is 9.65. The summed E-state index contributed by atoms with van der Waals surface area (Å²) in [5.74, 6) is 1.99. The summed E-state index contributed by atoms with van der Waals surface area (Å²) in [6.07, 6.45) is 7.61. The van der Waals surface area contributed by atoms with Crippen molar-refractivity contribution >= 4 is 38.2 Å². The molecule has 0 fully saturated rings. The van der Waals surface area contributed by atoms with E-state index in [1.807, 2.05) is 18.2 Å². The molecule has 0 saturated heterocycles. The summed E-state index contributed by atoms with van der Waals surface area (Å²) in [5, 5.41) is 4.99. The molecular formula is C44H32N4. The molecule has 0 N–H and O–H groups in total. The smallest absolute Gasteiger partial charge is 0.164 e. The lowest BCUT2D eigenvalue weighted by molar-refractivity contribution is 0.602. The number of hydrogen-bond acceptors (Lipinski definition) is 3. The Morgan fingerprint density at radius 3 is 1.90 bits per heavy atom. The zero-order chi connectivity index (χ0) is 32.1. The molecule has 8 aromatic rings. The van der Waals surface area contributed by atoms with Crippen molar-refractivity contribution in [1.29, 1.82) is 0 Å². The Kier molecular flexibility index (Phi) is 6.61. The zero-order valence-electron chi connectivity index (χ0n) is 26.6. The van der Waals surface area contributed by atoms with Gasteiger partial charge in [-0.1, -0.05) is 146 Å². The summed E-state index contributed by atoms with van der Waals surface area (Å²) in [5.41, 5.74) is 7.49. The van der Waals surface area contributed by atoms with Crippen LogP contribution < -0.4 is 0 Å². The third-order valence-electron chi connectivity index (χ3n) is 9.65. The number of fused-ring (bicyclic) bond motifs is 4. The van der Waals surface area contributed by atoms with E-state index in [-0.39, 0.29) is 5.41 Å². The molecule has 0 aliphatic heterocycles. The highest BCUT2D eigenvalue weighted by molar-refractivity contribution is 6.09. The number of hydrogen-bond donors (Lipinski definition) is 0. The molecule has 2 heterocycles. The van der Waals surface area contributed by atoms with E-state index in [0.29, 0.717) is 17.5 Å². The summed E-state index contributed by atoms with van der Waals surface area (Å²) in [7, 11) is 0. The summed E-state index contributed by atoms with van der Waals surface area (Å²) in [6, 6.07) is 51.2. The minimum absolute atomic E-state index is 0.123. The maximum Gasteiger partial charge on any atom is 0.164 e. The van der Waals surface area contributed by atoms with E-state index in [4.69, 9.17) is 15.0 Å². The van der Waals surface area contributed by atoms with E-state index < -0.39 is 0 Å². The first-order chi connectivity index (χ1) is 23.6. The normalized spacial score (nSPS) is 16.1. The van der Waals surface area contributed by atoms with E-state index in [0.717, 1.165) is 28.8 Å². The number of nitrogens with zero attached hydrogens (tertiary/aromatic N) is 4. The lowest BCUT2D eigenvalue weighted by Crippen LogP contribution is -2.20. The summed E-state index contributed by atoms with van der Waals surface area (Å²) >= 11 is 0. The Balaban J connectivity index is 1.14. The Morgan fingerprint density at radius 2 is 1.17 bits per heavy atom. The molecule has 1 aliphatic carbocycles. The monoisotopic (exact) mass is 616 g/mol. The highest BCUT2D eigenvalue weighted by Crippen LogP contribution is 2.38. The lowest BCUT2D eigenvalue weighted by Gasteiger charge is -2.29. The van der Waals surface area contributed by atoms with Crippen molar-refractivity contribution in [2.75, 3.05) is 0 Å². The van der Waals surface area contributed by atoms with Crippen LogP contribution in [0.4, 0.5) is 0 Å². The average molecular weight is 617 g/mol. The van der Waals surface area contributed by atoms with Gasteiger partial charge in [-0.05, 0) is 47.0 Å². The molecule has 228 valence electrons. The maximum atomic E-state index is 5.11. The van der Waals surface area contributed by atoms with Gasteiger partial charge in [-0.25, -0.2) is 15.0 Å². The van der Waals surface area contributed by atoms with Gasteiger partial charge in [-0.3, -0.25) is 0 Å². The van der Waals surface area contributed by atoms with Gasteiger partial charge in [-0.15, -0.1) is 0 Å². The molecule has 1 atom stereocenters. The fraction of sp³-hybridized carbons (Fsp3) is 0.0682. The first-order valence-electron chi connectivity index (χ1n) is 16.4. The predicted octanol–water partition coefficient (Wildman–Crippen LogP) is 10.8. The first kappa shape index (κ1) is 28.1. The molecular weight excluding hydrogens is 585 g/mol. The Morgan fingerprint density at radius 1 is 0.542 bits per heavy atom. The Bertz CT molecular complexity index is 2500. The van der Waals surface area contributed by atoms with E-state index in [9.17, 15) is 0 Å². The van der Waals surface area contributed by atoms with Gasteiger partial charge in [0, 0.05) is 38.6 Å². The van der Waals surface area contributed by atoms with Gasteiger partial charge >= 0.3 is 0 Å². The molecule has 1 aliphatic rings. The quantitative estimate of drug-likeness (QED) is 0.193. The molecule has 48 heavy (non-hydrogen) atoms. The first-order valence-corrected chi connectivity index (χ1v) is 16.4. The second-order valence-corrected chi connectivity index (χ2v) is 12.8. The van der Waals surface area contributed by atoms with Gasteiger partial charge in [0.2, 0.25) is 0 Å². The minimum atomic E-state index is -0.123. The van der Waals surface area contributed by atoms with Gasteiger partial charge in [0.15, 0.2) is 17.5 Å². The topological polar surface area (TPSA) is 43.6 Å². The van der Waals surface area contributed by atoms with Crippen molar-refractivity contribution in [3.63, 3.8) is 0 Å². The van der Waals surface area contributed by atoms with Crippen molar-refractivity contribution < 1.29 is 0 Å². The molecule has 0 amide bonds. The van der Waals surface area contributed by atoms with Crippen LogP contribution in [0, 0.1) is 0 Å². The van der Waals surface area contributed by atoms with Crippen LogP contribution in [0.5, 0.6) is 0 Å². The molecule has 0 radical (unpaired) electrons. The van der Waals surface area contributed by atoms with Gasteiger partial charge < -0.3 is 4.57 Å². The fourth-order valence-corrected chi connectivity index (χ4v) is 6.99. The number of rotatable bonds is 5. The van der Waals surface area contributed by atoms with Gasteiger partial charge in [0.1, 0.15) is 0 Å².